The molecular formula is C21H24F3N7O. The van der Waals surface area contributed by atoms with Gasteiger partial charge in [-0.2, -0.15) is 13.2 Å². The quantitative estimate of drug-likeness (QED) is 0.757. The SMILES string of the molecule is O=C(Nc1cnccn1)N1c2nc(N3CCC[C@H](C(F)(F)F)C3)ccc2N2CCCC1C2. The Morgan fingerprint density at radius 3 is 2.66 bits per heavy atom. The predicted molar refractivity (Wildman–Crippen MR) is 114 cm³/mol. The van der Waals surface area contributed by atoms with Gasteiger partial charge in [0, 0.05) is 38.6 Å². The van der Waals surface area contributed by atoms with E-state index in [2.05, 4.69) is 20.2 Å². The van der Waals surface area contributed by atoms with Crippen molar-refractivity contribution in [1.29, 1.82) is 0 Å². The molecule has 0 spiro atoms. The van der Waals surface area contributed by atoms with Gasteiger partial charge in [0.05, 0.1) is 23.8 Å². The number of aromatic nitrogens is 3. The van der Waals surface area contributed by atoms with E-state index >= 15 is 0 Å². The van der Waals surface area contributed by atoms with Gasteiger partial charge in [-0.05, 0) is 37.8 Å². The van der Waals surface area contributed by atoms with Crippen LogP contribution in [0.4, 0.5) is 41.1 Å². The molecule has 0 radical (unpaired) electrons. The summed E-state index contributed by atoms with van der Waals surface area (Å²) in [7, 11) is 0. The summed E-state index contributed by atoms with van der Waals surface area (Å²) in [6.07, 6.45) is 2.61. The lowest BCUT2D eigenvalue weighted by molar-refractivity contribution is -0.176. The molecule has 5 rings (SSSR count). The van der Waals surface area contributed by atoms with Crippen LogP contribution in [0.2, 0.25) is 0 Å². The number of piperidine rings is 2. The Morgan fingerprint density at radius 2 is 1.88 bits per heavy atom. The number of anilines is 4. The summed E-state index contributed by atoms with van der Waals surface area (Å²) in [5.41, 5.74) is 0.823. The summed E-state index contributed by atoms with van der Waals surface area (Å²) in [6, 6.07) is 3.21. The van der Waals surface area contributed by atoms with E-state index in [1.165, 1.54) is 18.6 Å². The smallest absolute Gasteiger partial charge is 0.366 e. The van der Waals surface area contributed by atoms with Crippen LogP contribution < -0.4 is 20.0 Å². The minimum atomic E-state index is -4.22. The lowest BCUT2D eigenvalue weighted by Gasteiger charge is -2.46. The lowest BCUT2D eigenvalue weighted by atomic mass is 9.97. The number of nitrogens with one attached hydrogen (secondary N) is 1. The monoisotopic (exact) mass is 447 g/mol. The summed E-state index contributed by atoms with van der Waals surface area (Å²) >= 11 is 0. The minimum absolute atomic E-state index is 0.0695. The van der Waals surface area contributed by atoms with Crippen LogP contribution in [0.25, 0.3) is 0 Å². The zero-order valence-electron chi connectivity index (χ0n) is 17.4. The Kier molecular flexibility index (Phi) is 5.26. The average Bonchev–Trinajstić information content (AvgIpc) is 2.79. The third kappa shape index (κ3) is 3.91. The molecule has 0 aliphatic carbocycles. The molecule has 2 amide bonds. The highest BCUT2D eigenvalue weighted by Gasteiger charge is 2.43. The van der Waals surface area contributed by atoms with Gasteiger partial charge >= 0.3 is 12.2 Å². The zero-order valence-corrected chi connectivity index (χ0v) is 17.4. The van der Waals surface area contributed by atoms with E-state index in [0.717, 1.165) is 25.1 Å². The molecule has 3 aliphatic rings. The summed E-state index contributed by atoms with van der Waals surface area (Å²) in [6.45, 7) is 1.96. The first-order valence-corrected chi connectivity index (χ1v) is 10.8. The van der Waals surface area contributed by atoms with E-state index < -0.39 is 12.1 Å². The molecular weight excluding hydrogens is 423 g/mol. The van der Waals surface area contributed by atoms with E-state index in [0.29, 0.717) is 37.0 Å². The molecule has 2 saturated heterocycles. The van der Waals surface area contributed by atoms with Gasteiger partial charge in [-0.3, -0.25) is 15.2 Å². The molecule has 2 aromatic rings. The third-order valence-corrected chi connectivity index (χ3v) is 6.40. The van der Waals surface area contributed by atoms with Gasteiger partial charge in [0.2, 0.25) is 0 Å². The molecule has 1 N–H and O–H groups in total. The van der Waals surface area contributed by atoms with E-state index in [9.17, 15) is 18.0 Å². The Labute approximate surface area is 183 Å². The Morgan fingerprint density at radius 1 is 1.06 bits per heavy atom. The number of hydrogen-bond donors (Lipinski definition) is 1. The molecule has 170 valence electrons. The van der Waals surface area contributed by atoms with Crippen molar-refractivity contribution in [3.63, 3.8) is 0 Å². The third-order valence-electron chi connectivity index (χ3n) is 6.40. The van der Waals surface area contributed by atoms with Crippen molar-refractivity contribution in [1.82, 2.24) is 15.0 Å². The molecule has 2 atom stereocenters. The van der Waals surface area contributed by atoms with Crippen LogP contribution >= 0.6 is 0 Å². The van der Waals surface area contributed by atoms with Crippen molar-refractivity contribution in [2.45, 2.75) is 37.9 Å². The van der Waals surface area contributed by atoms with Crippen LogP contribution in [-0.4, -0.2) is 59.4 Å². The number of carbonyl (C=O) groups is 1. The van der Waals surface area contributed by atoms with Gasteiger partial charge in [-0.25, -0.2) is 14.8 Å². The summed E-state index contributed by atoms with van der Waals surface area (Å²) in [4.78, 5) is 31.5. The lowest BCUT2D eigenvalue weighted by Crippen LogP contribution is -2.56. The molecule has 2 aromatic heterocycles. The fraction of sp³-hybridized carbons (Fsp3) is 0.524. The van der Waals surface area contributed by atoms with Gasteiger partial charge in [0.15, 0.2) is 11.6 Å². The standard InChI is InChI=1S/C21H24F3N7O/c22-21(23,24)14-3-1-10-30(12-14)18-6-5-16-19(28-18)31(15-4-2-9-29(16)13-15)20(32)27-17-11-25-7-8-26-17/h5-8,11,14-15H,1-4,9-10,12-13H2,(H,26,27,32)/t14-,15?/m0/s1. The number of fused-ring (bicyclic) bond motifs is 4. The molecule has 3 aliphatic heterocycles. The second-order valence-corrected chi connectivity index (χ2v) is 8.47. The number of nitrogens with zero attached hydrogens (tertiary/aromatic N) is 6. The van der Waals surface area contributed by atoms with Crippen LogP contribution in [0.15, 0.2) is 30.7 Å². The van der Waals surface area contributed by atoms with Crippen LogP contribution in [0, 0.1) is 5.92 Å². The highest BCUT2D eigenvalue weighted by molar-refractivity contribution is 6.04. The predicted octanol–water partition coefficient (Wildman–Crippen LogP) is 3.67. The Hall–Kier alpha value is -3.11. The molecule has 2 fully saturated rings. The maximum absolute atomic E-state index is 13.3. The van der Waals surface area contributed by atoms with Crippen LogP contribution in [0.3, 0.4) is 0 Å². The molecule has 0 saturated carbocycles. The number of hydrogen-bond acceptors (Lipinski definition) is 6. The molecule has 5 heterocycles. The zero-order chi connectivity index (χ0) is 22.3. The average molecular weight is 447 g/mol. The summed E-state index contributed by atoms with van der Waals surface area (Å²) in [5, 5.41) is 2.77. The second-order valence-electron chi connectivity index (χ2n) is 8.47. The normalized spacial score (nSPS) is 23.0. The maximum atomic E-state index is 13.3. The van der Waals surface area contributed by atoms with Gasteiger partial charge < -0.3 is 9.80 Å². The number of carbonyl (C=O) groups excluding carboxylic acids is 1. The van der Waals surface area contributed by atoms with E-state index in [-0.39, 0.29) is 25.0 Å². The maximum Gasteiger partial charge on any atom is 0.393 e. The van der Waals surface area contributed by atoms with Gasteiger partial charge in [0.1, 0.15) is 5.82 Å². The fourth-order valence-corrected chi connectivity index (χ4v) is 4.84. The summed E-state index contributed by atoms with van der Waals surface area (Å²) < 4.78 is 39.9. The van der Waals surface area contributed by atoms with Gasteiger partial charge in [-0.15, -0.1) is 0 Å². The van der Waals surface area contributed by atoms with Crippen molar-refractivity contribution in [3.8, 4) is 0 Å². The molecule has 11 heteroatoms. The van der Waals surface area contributed by atoms with Crippen molar-refractivity contribution >= 4 is 29.2 Å². The minimum Gasteiger partial charge on any atom is -0.366 e. The molecule has 8 nitrogen and oxygen atoms in total. The van der Waals surface area contributed by atoms with Crippen LogP contribution in [-0.2, 0) is 0 Å². The van der Waals surface area contributed by atoms with E-state index in [1.54, 1.807) is 15.9 Å². The largest absolute Gasteiger partial charge is 0.393 e. The summed E-state index contributed by atoms with van der Waals surface area (Å²) in [5.74, 6) is -0.0871. The van der Waals surface area contributed by atoms with E-state index in [4.69, 9.17) is 4.98 Å². The number of pyridine rings is 1. The first-order valence-electron chi connectivity index (χ1n) is 10.8. The number of amides is 2. The number of alkyl halides is 3. The Bertz CT molecular complexity index is 987. The molecule has 1 unspecified atom stereocenters. The number of urea groups is 1. The van der Waals surface area contributed by atoms with Crippen LogP contribution in [0.1, 0.15) is 25.7 Å². The van der Waals surface area contributed by atoms with E-state index in [1.807, 2.05) is 6.07 Å². The first kappa shape index (κ1) is 20.8. The highest BCUT2D eigenvalue weighted by atomic mass is 19.4. The van der Waals surface area contributed by atoms with Gasteiger partial charge in [-0.1, -0.05) is 0 Å². The highest BCUT2D eigenvalue weighted by Crippen LogP contribution is 2.41. The molecule has 0 aromatic carbocycles. The van der Waals surface area contributed by atoms with Crippen molar-refractivity contribution in [3.05, 3.63) is 30.7 Å². The van der Waals surface area contributed by atoms with Crippen molar-refractivity contribution in [2.24, 2.45) is 5.92 Å². The van der Waals surface area contributed by atoms with Crippen LogP contribution in [0.5, 0.6) is 0 Å². The topological polar surface area (TPSA) is 77.5 Å². The first-order chi connectivity index (χ1) is 15.4. The number of rotatable bonds is 2. The molecule has 2 bridgehead atoms. The second kappa shape index (κ2) is 8.10. The molecule has 32 heavy (non-hydrogen) atoms. The van der Waals surface area contributed by atoms with Crippen molar-refractivity contribution < 1.29 is 18.0 Å². The van der Waals surface area contributed by atoms with Crippen molar-refractivity contribution in [2.75, 3.05) is 46.2 Å². The fourth-order valence-electron chi connectivity index (χ4n) is 4.84. The Balaban J connectivity index is 1.47. The van der Waals surface area contributed by atoms with Gasteiger partial charge in [0.25, 0.3) is 0 Å². The number of halogens is 3.